The zero-order valence-corrected chi connectivity index (χ0v) is 14.1. The highest BCUT2D eigenvalue weighted by Crippen LogP contribution is 2.42. The van der Waals surface area contributed by atoms with Crippen molar-refractivity contribution >= 4 is 27.9 Å². The van der Waals surface area contributed by atoms with Crippen LogP contribution in [-0.2, 0) is 0 Å². The molecule has 0 aliphatic carbocycles. The fraction of sp³-hybridized carbons (Fsp3) is 0.643. The van der Waals surface area contributed by atoms with Crippen LogP contribution in [0.1, 0.15) is 29.9 Å². The maximum absolute atomic E-state index is 11.7. The maximum Gasteiger partial charge on any atom is 0.263 e. The van der Waals surface area contributed by atoms with Crippen molar-refractivity contribution in [3.05, 3.63) is 4.88 Å². The van der Waals surface area contributed by atoms with E-state index in [0.717, 1.165) is 37.6 Å². The van der Waals surface area contributed by atoms with Gasteiger partial charge < -0.3 is 26.0 Å². The van der Waals surface area contributed by atoms with E-state index >= 15 is 0 Å². The van der Waals surface area contributed by atoms with Crippen LogP contribution in [0.3, 0.4) is 0 Å². The van der Waals surface area contributed by atoms with Crippen LogP contribution in [0, 0.1) is 0 Å². The molecule has 0 fully saturated rings. The Hall–Kier alpha value is -1.47. The van der Waals surface area contributed by atoms with Crippen molar-refractivity contribution in [1.29, 1.82) is 0 Å². The van der Waals surface area contributed by atoms with Gasteiger partial charge in [0.1, 0.15) is 15.6 Å². The average Bonchev–Trinajstić information content (AvgIpc) is 2.82. The molecule has 1 aromatic heterocycles. The lowest BCUT2D eigenvalue weighted by Crippen LogP contribution is -2.25. The summed E-state index contributed by atoms with van der Waals surface area (Å²) in [5.41, 5.74) is 6.36. The quantitative estimate of drug-likeness (QED) is 0.606. The molecule has 1 aromatic rings. The Labute approximate surface area is 130 Å². The number of thiophene rings is 1. The smallest absolute Gasteiger partial charge is 0.263 e. The van der Waals surface area contributed by atoms with Gasteiger partial charge >= 0.3 is 0 Å². The number of ether oxygens (including phenoxy) is 1. The van der Waals surface area contributed by atoms with E-state index in [4.69, 9.17) is 10.5 Å². The second-order valence-corrected chi connectivity index (χ2v) is 5.61. The highest BCUT2D eigenvalue weighted by molar-refractivity contribution is 7.19. The zero-order chi connectivity index (χ0) is 15.8. The summed E-state index contributed by atoms with van der Waals surface area (Å²) in [6.45, 7) is 8.32. The third-order valence-corrected chi connectivity index (χ3v) is 4.51. The standard InChI is InChI=1S/C14H26N4O2S/c1-5-18(6-2)9-7-8-17-14-11(20-4)10(15)12(21-14)13(19)16-3/h17H,5-9,15H2,1-4H3,(H,16,19). The molecular weight excluding hydrogens is 288 g/mol. The van der Waals surface area contributed by atoms with Gasteiger partial charge in [-0.25, -0.2) is 0 Å². The first-order chi connectivity index (χ1) is 10.1. The van der Waals surface area contributed by atoms with E-state index in [1.54, 1.807) is 14.2 Å². The average molecular weight is 314 g/mol. The summed E-state index contributed by atoms with van der Waals surface area (Å²) in [6, 6.07) is 0. The van der Waals surface area contributed by atoms with Gasteiger partial charge in [0.15, 0.2) is 5.75 Å². The summed E-state index contributed by atoms with van der Waals surface area (Å²) >= 11 is 1.33. The molecule has 6 nitrogen and oxygen atoms in total. The number of hydrogen-bond donors (Lipinski definition) is 3. The summed E-state index contributed by atoms with van der Waals surface area (Å²) in [5.74, 6) is 0.369. The van der Waals surface area contributed by atoms with E-state index in [-0.39, 0.29) is 5.91 Å². The number of nitrogens with one attached hydrogen (secondary N) is 2. The lowest BCUT2D eigenvalue weighted by Gasteiger charge is -2.17. The van der Waals surface area contributed by atoms with Crippen LogP contribution >= 0.6 is 11.3 Å². The first kappa shape index (κ1) is 17.6. The van der Waals surface area contributed by atoms with E-state index in [9.17, 15) is 4.79 Å². The largest absolute Gasteiger partial charge is 0.492 e. The lowest BCUT2D eigenvalue weighted by atomic mass is 10.3. The van der Waals surface area contributed by atoms with Gasteiger partial charge in [-0.3, -0.25) is 4.79 Å². The highest BCUT2D eigenvalue weighted by atomic mass is 32.1. The van der Waals surface area contributed by atoms with Crippen molar-refractivity contribution in [2.24, 2.45) is 0 Å². The minimum absolute atomic E-state index is 0.188. The van der Waals surface area contributed by atoms with Crippen molar-refractivity contribution in [3.8, 4) is 5.75 Å². The van der Waals surface area contributed by atoms with Gasteiger partial charge in [0, 0.05) is 13.6 Å². The molecular formula is C14H26N4O2S. The van der Waals surface area contributed by atoms with Gasteiger partial charge in [-0.1, -0.05) is 13.8 Å². The van der Waals surface area contributed by atoms with Crippen LogP contribution in [0.2, 0.25) is 0 Å². The lowest BCUT2D eigenvalue weighted by molar-refractivity contribution is 0.0967. The number of nitrogens with zero attached hydrogens (tertiary/aromatic N) is 1. The summed E-state index contributed by atoms with van der Waals surface area (Å²) in [4.78, 5) is 14.6. The summed E-state index contributed by atoms with van der Waals surface area (Å²) in [6.07, 6.45) is 1.03. The van der Waals surface area contributed by atoms with Crippen molar-refractivity contribution < 1.29 is 9.53 Å². The van der Waals surface area contributed by atoms with Crippen LogP contribution in [-0.4, -0.2) is 51.1 Å². The normalized spacial score (nSPS) is 10.7. The molecule has 120 valence electrons. The van der Waals surface area contributed by atoms with Gasteiger partial charge in [-0.15, -0.1) is 11.3 Å². The van der Waals surface area contributed by atoms with Crippen molar-refractivity contribution in [1.82, 2.24) is 10.2 Å². The molecule has 21 heavy (non-hydrogen) atoms. The van der Waals surface area contributed by atoms with E-state index < -0.39 is 0 Å². The number of methoxy groups -OCH3 is 1. The monoisotopic (exact) mass is 314 g/mol. The minimum atomic E-state index is -0.188. The molecule has 0 saturated heterocycles. The van der Waals surface area contributed by atoms with Gasteiger partial charge in [-0.2, -0.15) is 0 Å². The zero-order valence-electron chi connectivity index (χ0n) is 13.3. The fourth-order valence-electron chi connectivity index (χ4n) is 2.07. The Bertz CT molecular complexity index is 458. The maximum atomic E-state index is 11.7. The molecule has 0 bridgehead atoms. The number of hydrogen-bond acceptors (Lipinski definition) is 6. The third kappa shape index (κ3) is 4.50. The van der Waals surface area contributed by atoms with Crippen molar-refractivity contribution in [2.45, 2.75) is 20.3 Å². The fourth-order valence-corrected chi connectivity index (χ4v) is 3.14. The molecule has 0 atom stereocenters. The van der Waals surface area contributed by atoms with Gasteiger partial charge in [0.05, 0.1) is 7.11 Å². The third-order valence-electron chi connectivity index (χ3n) is 3.37. The predicted octanol–water partition coefficient (Wildman–Crippen LogP) is 1.84. The van der Waals surface area contributed by atoms with Gasteiger partial charge in [0.2, 0.25) is 0 Å². The Morgan fingerprint density at radius 2 is 2.05 bits per heavy atom. The molecule has 0 aromatic carbocycles. The van der Waals surface area contributed by atoms with Crippen molar-refractivity contribution in [2.75, 3.05) is 51.4 Å². The topological polar surface area (TPSA) is 79.6 Å². The molecule has 7 heteroatoms. The molecule has 0 aliphatic rings. The SMILES string of the molecule is CCN(CC)CCCNc1sc(C(=O)NC)c(N)c1OC. The van der Waals surface area contributed by atoms with Crippen LogP contribution in [0.4, 0.5) is 10.7 Å². The Kier molecular flexibility index (Phi) is 7.31. The molecule has 1 rings (SSSR count). The predicted molar refractivity (Wildman–Crippen MR) is 89.6 cm³/mol. The number of rotatable bonds is 9. The van der Waals surface area contributed by atoms with Crippen LogP contribution in [0.15, 0.2) is 0 Å². The van der Waals surface area contributed by atoms with Gasteiger partial charge in [0.25, 0.3) is 5.91 Å². The molecule has 0 radical (unpaired) electrons. The number of carbonyl (C=O) groups excluding carboxylic acids is 1. The van der Waals surface area contributed by atoms with E-state index in [2.05, 4.69) is 29.4 Å². The Balaban J connectivity index is 2.64. The molecule has 1 heterocycles. The summed E-state index contributed by atoms with van der Waals surface area (Å²) in [7, 11) is 3.15. The molecule has 0 aliphatic heterocycles. The molecule has 4 N–H and O–H groups in total. The minimum Gasteiger partial charge on any atom is -0.492 e. The molecule has 1 amide bonds. The van der Waals surface area contributed by atoms with E-state index in [1.165, 1.54) is 11.3 Å². The highest BCUT2D eigenvalue weighted by Gasteiger charge is 2.20. The van der Waals surface area contributed by atoms with Gasteiger partial charge in [-0.05, 0) is 26.1 Å². The Morgan fingerprint density at radius 1 is 1.38 bits per heavy atom. The number of anilines is 2. The number of amides is 1. The van der Waals surface area contributed by atoms with Crippen LogP contribution < -0.4 is 21.1 Å². The molecule has 0 saturated carbocycles. The summed E-state index contributed by atoms with van der Waals surface area (Å²) in [5, 5.41) is 6.71. The second kappa shape index (κ2) is 8.74. The molecule has 0 spiro atoms. The first-order valence-electron chi connectivity index (χ1n) is 7.23. The van der Waals surface area contributed by atoms with E-state index in [0.29, 0.717) is 16.3 Å². The van der Waals surface area contributed by atoms with Crippen LogP contribution in [0.5, 0.6) is 5.75 Å². The number of carbonyl (C=O) groups is 1. The van der Waals surface area contributed by atoms with E-state index in [1.807, 2.05) is 0 Å². The second-order valence-electron chi connectivity index (χ2n) is 4.59. The Morgan fingerprint density at radius 3 is 2.57 bits per heavy atom. The number of nitrogens with two attached hydrogens (primary N) is 1. The first-order valence-corrected chi connectivity index (χ1v) is 8.05. The number of nitrogen functional groups attached to an aromatic ring is 1. The molecule has 0 unspecified atom stereocenters. The summed E-state index contributed by atoms with van der Waals surface area (Å²) < 4.78 is 5.30. The van der Waals surface area contributed by atoms with Crippen molar-refractivity contribution in [3.63, 3.8) is 0 Å². The van der Waals surface area contributed by atoms with Crippen LogP contribution in [0.25, 0.3) is 0 Å².